The second-order valence-corrected chi connectivity index (χ2v) is 4.86. The van der Waals surface area contributed by atoms with Crippen LogP contribution in [0.3, 0.4) is 0 Å². The van der Waals surface area contributed by atoms with Gasteiger partial charge < -0.3 is 20.4 Å². The van der Waals surface area contributed by atoms with Gasteiger partial charge in [-0.3, -0.25) is 0 Å². The van der Waals surface area contributed by atoms with Crippen LogP contribution in [0.25, 0.3) is 0 Å². The van der Waals surface area contributed by atoms with Crippen LogP contribution in [0.5, 0.6) is 23.0 Å². The lowest BCUT2D eigenvalue weighted by Gasteiger charge is -2.02. The van der Waals surface area contributed by atoms with Crippen molar-refractivity contribution in [3.05, 3.63) is 46.5 Å². The lowest BCUT2D eigenvalue weighted by atomic mass is 10.1. The SMILES string of the molecule is Cc1cc(O)cc(C)c1O.Cc1cc(O)cc(C)c1O. The molecular weight excluding hydrogens is 256 g/mol. The fraction of sp³-hybridized carbons (Fsp3) is 0.250. The van der Waals surface area contributed by atoms with Crippen molar-refractivity contribution in [2.45, 2.75) is 27.7 Å². The monoisotopic (exact) mass is 276 g/mol. The number of rotatable bonds is 0. The molecule has 2 rings (SSSR count). The smallest absolute Gasteiger partial charge is 0.121 e. The van der Waals surface area contributed by atoms with E-state index in [1.165, 1.54) is 24.3 Å². The van der Waals surface area contributed by atoms with E-state index in [4.69, 9.17) is 10.2 Å². The lowest BCUT2D eigenvalue weighted by molar-refractivity contribution is 0.453. The summed E-state index contributed by atoms with van der Waals surface area (Å²) in [6, 6.07) is 6.12. The van der Waals surface area contributed by atoms with E-state index in [0.717, 1.165) is 0 Å². The van der Waals surface area contributed by atoms with Gasteiger partial charge in [-0.05, 0) is 74.2 Å². The summed E-state index contributed by atoms with van der Waals surface area (Å²) in [5.74, 6) is 0.927. The van der Waals surface area contributed by atoms with Gasteiger partial charge in [-0.15, -0.1) is 0 Å². The van der Waals surface area contributed by atoms with E-state index in [-0.39, 0.29) is 23.0 Å². The van der Waals surface area contributed by atoms with Gasteiger partial charge in [0.25, 0.3) is 0 Å². The first kappa shape index (κ1) is 15.7. The Labute approximate surface area is 118 Å². The molecule has 4 nitrogen and oxygen atoms in total. The minimum Gasteiger partial charge on any atom is -0.508 e. The van der Waals surface area contributed by atoms with Crippen molar-refractivity contribution < 1.29 is 20.4 Å². The van der Waals surface area contributed by atoms with Crippen LogP contribution < -0.4 is 0 Å². The predicted octanol–water partition coefficient (Wildman–Crippen LogP) is 3.43. The molecule has 0 heterocycles. The van der Waals surface area contributed by atoms with Gasteiger partial charge in [0, 0.05) is 0 Å². The molecule has 108 valence electrons. The number of benzene rings is 2. The molecule has 0 fully saturated rings. The zero-order valence-electron chi connectivity index (χ0n) is 12.1. The van der Waals surface area contributed by atoms with E-state index in [2.05, 4.69) is 0 Å². The van der Waals surface area contributed by atoms with E-state index in [9.17, 15) is 10.2 Å². The van der Waals surface area contributed by atoms with Crippen LogP contribution in [0.15, 0.2) is 24.3 Å². The molecule has 20 heavy (non-hydrogen) atoms. The topological polar surface area (TPSA) is 80.9 Å². The summed E-state index contributed by atoms with van der Waals surface area (Å²) in [4.78, 5) is 0. The number of phenols is 4. The fourth-order valence-corrected chi connectivity index (χ4v) is 1.87. The first-order chi connectivity index (χ1) is 9.22. The number of hydrogen-bond donors (Lipinski definition) is 4. The molecule has 0 radical (unpaired) electrons. The third kappa shape index (κ3) is 3.82. The predicted molar refractivity (Wildman–Crippen MR) is 78.5 cm³/mol. The minimum atomic E-state index is 0.202. The normalized spacial score (nSPS) is 9.80. The van der Waals surface area contributed by atoms with Crippen LogP contribution in [-0.2, 0) is 0 Å². The van der Waals surface area contributed by atoms with Crippen LogP contribution in [0, 0.1) is 27.7 Å². The summed E-state index contributed by atoms with van der Waals surface area (Å²) < 4.78 is 0. The molecule has 0 aliphatic carbocycles. The van der Waals surface area contributed by atoms with Gasteiger partial charge in [0.15, 0.2) is 0 Å². The number of hydrogen-bond acceptors (Lipinski definition) is 4. The van der Waals surface area contributed by atoms with Crippen molar-refractivity contribution in [1.29, 1.82) is 0 Å². The van der Waals surface area contributed by atoms with E-state index < -0.39 is 0 Å². The molecule has 0 aliphatic rings. The van der Waals surface area contributed by atoms with Crippen LogP contribution in [-0.4, -0.2) is 20.4 Å². The van der Waals surface area contributed by atoms with Crippen molar-refractivity contribution in [1.82, 2.24) is 0 Å². The van der Waals surface area contributed by atoms with Gasteiger partial charge in [0.05, 0.1) is 0 Å². The van der Waals surface area contributed by atoms with Crippen LogP contribution in [0.1, 0.15) is 22.3 Å². The second-order valence-electron chi connectivity index (χ2n) is 4.86. The Kier molecular flexibility index (Phi) is 4.86. The fourth-order valence-electron chi connectivity index (χ4n) is 1.87. The van der Waals surface area contributed by atoms with E-state index in [1.54, 1.807) is 27.7 Å². The van der Waals surface area contributed by atoms with E-state index in [0.29, 0.717) is 22.3 Å². The summed E-state index contributed by atoms with van der Waals surface area (Å²) in [6.07, 6.45) is 0. The van der Waals surface area contributed by atoms with Crippen molar-refractivity contribution in [2.24, 2.45) is 0 Å². The number of aromatic hydroxyl groups is 4. The highest BCUT2D eigenvalue weighted by Gasteiger charge is 2.01. The maximum Gasteiger partial charge on any atom is 0.121 e. The largest absolute Gasteiger partial charge is 0.508 e. The first-order valence-electron chi connectivity index (χ1n) is 6.20. The van der Waals surface area contributed by atoms with Crippen molar-refractivity contribution in [2.75, 3.05) is 0 Å². The Bertz CT molecular complexity index is 516. The average molecular weight is 276 g/mol. The van der Waals surface area contributed by atoms with Crippen LogP contribution in [0.4, 0.5) is 0 Å². The van der Waals surface area contributed by atoms with Crippen LogP contribution in [0.2, 0.25) is 0 Å². The first-order valence-corrected chi connectivity index (χ1v) is 6.20. The molecule has 4 N–H and O–H groups in total. The number of phenolic OH excluding ortho intramolecular Hbond substituents is 4. The summed E-state index contributed by atoms with van der Waals surface area (Å²) in [7, 11) is 0. The molecule has 4 heteroatoms. The van der Waals surface area contributed by atoms with Crippen LogP contribution >= 0.6 is 0 Å². The highest BCUT2D eigenvalue weighted by Crippen LogP contribution is 2.26. The summed E-state index contributed by atoms with van der Waals surface area (Å²) >= 11 is 0. The molecule has 0 unspecified atom stereocenters. The highest BCUT2D eigenvalue weighted by atomic mass is 16.3. The van der Waals surface area contributed by atoms with Gasteiger partial charge in [0.1, 0.15) is 23.0 Å². The van der Waals surface area contributed by atoms with Crippen molar-refractivity contribution in [3.63, 3.8) is 0 Å². The molecule has 2 aromatic rings. The van der Waals surface area contributed by atoms with Gasteiger partial charge in [-0.25, -0.2) is 0 Å². The Morgan fingerprint density at radius 3 is 0.900 bits per heavy atom. The number of aryl methyl sites for hydroxylation is 4. The third-order valence-electron chi connectivity index (χ3n) is 2.95. The molecule has 0 saturated heterocycles. The average Bonchev–Trinajstić information content (AvgIpc) is 2.33. The van der Waals surface area contributed by atoms with Gasteiger partial charge in [0.2, 0.25) is 0 Å². The molecule has 2 aromatic carbocycles. The van der Waals surface area contributed by atoms with Gasteiger partial charge >= 0.3 is 0 Å². The molecule has 0 saturated carbocycles. The minimum absolute atomic E-state index is 0.202. The quantitative estimate of drug-likeness (QED) is 0.556. The molecule has 0 amide bonds. The molecule has 0 spiro atoms. The Morgan fingerprint density at radius 2 is 0.700 bits per heavy atom. The summed E-state index contributed by atoms with van der Waals surface area (Å²) in [6.45, 7) is 7.01. The van der Waals surface area contributed by atoms with Gasteiger partial charge in [-0.1, -0.05) is 0 Å². The Hall–Kier alpha value is -2.36. The van der Waals surface area contributed by atoms with E-state index in [1.807, 2.05) is 0 Å². The molecule has 0 bridgehead atoms. The molecule has 0 atom stereocenters. The van der Waals surface area contributed by atoms with E-state index >= 15 is 0 Å². The maximum atomic E-state index is 9.22. The Balaban J connectivity index is 0.000000200. The molecule has 0 aliphatic heterocycles. The molecule has 0 aromatic heterocycles. The summed E-state index contributed by atoms with van der Waals surface area (Å²) in [5, 5.41) is 36.5. The highest BCUT2D eigenvalue weighted by molar-refractivity contribution is 5.44. The van der Waals surface area contributed by atoms with Crippen molar-refractivity contribution >= 4 is 0 Å². The second kappa shape index (κ2) is 6.19. The van der Waals surface area contributed by atoms with Crippen molar-refractivity contribution in [3.8, 4) is 23.0 Å². The molecular formula is C16H20O4. The zero-order valence-corrected chi connectivity index (χ0v) is 12.1. The third-order valence-corrected chi connectivity index (χ3v) is 2.95. The zero-order chi connectivity index (χ0) is 15.4. The Morgan fingerprint density at radius 1 is 0.500 bits per heavy atom. The standard InChI is InChI=1S/2C8H10O2/c2*1-5-3-7(9)4-6(2)8(5)10/h2*3-4,9-10H,1-2H3. The summed E-state index contributed by atoms with van der Waals surface area (Å²) in [5.41, 5.74) is 2.82. The van der Waals surface area contributed by atoms with Gasteiger partial charge in [-0.2, -0.15) is 0 Å². The maximum absolute atomic E-state index is 9.22. The lowest BCUT2D eigenvalue weighted by Crippen LogP contribution is -1.78.